The maximum Gasteiger partial charge on any atom is 0.223 e. The molecule has 1 aliphatic heterocycles. The van der Waals surface area contributed by atoms with Crippen molar-refractivity contribution in [2.75, 3.05) is 31.1 Å². The van der Waals surface area contributed by atoms with E-state index in [2.05, 4.69) is 39.1 Å². The molecular weight excluding hydrogens is 396 g/mol. The highest BCUT2D eigenvalue weighted by molar-refractivity contribution is 6.30. The summed E-state index contributed by atoms with van der Waals surface area (Å²) in [6.45, 7) is 3.12. The number of halogens is 1. The zero-order valence-corrected chi connectivity index (χ0v) is 17.4. The number of amides is 1. The van der Waals surface area contributed by atoms with Crippen molar-refractivity contribution in [3.8, 4) is 0 Å². The van der Waals surface area contributed by atoms with Gasteiger partial charge in [-0.1, -0.05) is 35.9 Å². The Hall–Kier alpha value is -3.05. The number of carbonyl (C=O) groups excluding carboxylic acids is 1. The summed E-state index contributed by atoms with van der Waals surface area (Å²) in [5, 5.41) is 3.10. The molecular formula is C24H23ClN4O. The van der Waals surface area contributed by atoms with E-state index in [-0.39, 0.29) is 5.91 Å². The Bertz CT molecular complexity index is 1210. The first-order valence-corrected chi connectivity index (χ1v) is 10.7. The van der Waals surface area contributed by atoms with Crippen LogP contribution in [0.15, 0.2) is 60.8 Å². The van der Waals surface area contributed by atoms with E-state index >= 15 is 0 Å². The molecule has 0 radical (unpaired) electrons. The Balaban J connectivity index is 1.21. The summed E-state index contributed by atoms with van der Waals surface area (Å²) < 4.78 is 0. The third-order valence-corrected chi connectivity index (χ3v) is 6.08. The molecule has 30 heavy (non-hydrogen) atoms. The normalized spacial score (nSPS) is 14.6. The van der Waals surface area contributed by atoms with E-state index in [4.69, 9.17) is 11.6 Å². The number of benzene rings is 2. The Morgan fingerprint density at radius 3 is 2.63 bits per heavy atom. The van der Waals surface area contributed by atoms with E-state index in [0.29, 0.717) is 12.8 Å². The van der Waals surface area contributed by atoms with Crippen LogP contribution in [0.1, 0.15) is 12.1 Å². The molecule has 5 nitrogen and oxygen atoms in total. The SMILES string of the molecule is O=C(CCc1cc2c(cn1)[nH]c1ccccc12)N1CCN(c2cccc(Cl)c2)CC1. The number of aromatic nitrogens is 2. The van der Waals surface area contributed by atoms with Crippen molar-refractivity contribution in [1.29, 1.82) is 0 Å². The summed E-state index contributed by atoms with van der Waals surface area (Å²) in [4.78, 5) is 24.9. The quantitative estimate of drug-likeness (QED) is 0.524. The van der Waals surface area contributed by atoms with Gasteiger partial charge in [-0.15, -0.1) is 0 Å². The van der Waals surface area contributed by atoms with Gasteiger partial charge in [-0.3, -0.25) is 9.78 Å². The number of fused-ring (bicyclic) bond motifs is 3. The molecule has 0 saturated carbocycles. The van der Waals surface area contributed by atoms with Crippen LogP contribution in [0.4, 0.5) is 5.69 Å². The first-order valence-electron chi connectivity index (χ1n) is 10.3. The molecule has 1 aliphatic rings. The molecule has 2 aromatic heterocycles. The average Bonchev–Trinajstić information content (AvgIpc) is 3.15. The molecule has 2 aromatic carbocycles. The van der Waals surface area contributed by atoms with Gasteiger partial charge in [-0.2, -0.15) is 0 Å². The second kappa shape index (κ2) is 8.00. The van der Waals surface area contributed by atoms with Gasteiger partial charge >= 0.3 is 0 Å². The summed E-state index contributed by atoms with van der Waals surface area (Å²) in [5.41, 5.74) is 4.22. The Morgan fingerprint density at radius 2 is 1.80 bits per heavy atom. The lowest BCUT2D eigenvalue weighted by Gasteiger charge is -2.36. The monoisotopic (exact) mass is 418 g/mol. The number of hydrogen-bond acceptors (Lipinski definition) is 3. The molecule has 0 aliphatic carbocycles. The van der Waals surface area contributed by atoms with E-state index in [1.165, 1.54) is 5.39 Å². The molecule has 152 valence electrons. The average molecular weight is 419 g/mol. The molecule has 5 rings (SSSR count). The molecule has 0 atom stereocenters. The Morgan fingerprint density at radius 1 is 0.967 bits per heavy atom. The van der Waals surface area contributed by atoms with Crippen molar-refractivity contribution < 1.29 is 4.79 Å². The van der Waals surface area contributed by atoms with E-state index in [1.54, 1.807) is 0 Å². The second-order valence-electron chi connectivity index (χ2n) is 7.74. The minimum Gasteiger partial charge on any atom is -0.368 e. The number of rotatable bonds is 4. The van der Waals surface area contributed by atoms with Gasteiger partial charge in [0, 0.05) is 65.3 Å². The molecule has 3 heterocycles. The van der Waals surface area contributed by atoms with Gasteiger partial charge in [-0.25, -0.2) is 0 Å². The van der Waals surface area contributed by atoms with Crippen molar-refractivity contribution in [2.45, 2.75) is 12.8 Å². The minimum absolute atomic E-state index is 0.196. The summed E-state index contributed by atoms with van der Waals surface area (Å²) >= 11 is 6.10. The number of hydrogen-bond donors (Lipinski definition) is 1. The van der Waals surface area contributed by atoms with Crippen LogP contribution in [0.3, 0.4) is 0 Å². The molecule has 0 unspecified atom stereocenters. The number of para-hydroxylation sites is 1. The van der Waals surface area contributed by atoms with Crippen molar-refractivity contribution >= 4 is 45.0 Å². The zero-order valence-electron chi connectivity index (χ0n) is 16.6. The number of piperazine rings is 1. The largest absolute Gasteiger partial charge is 0.368 e. The highest BCUT2D eigenvalue weighted by Crippen LogP contribution is 2.25. The first-order chi connectivity index (χ1) is 14.7. The van der Waals surface area contributed by atoms with Gasteiger partial charge in [0.15, 0.2) is 0 Å². The van der Waals surface area contributed by atoms with Gasteiger partial charge in [0.2, 0.25) is 5.91 Å². The van der Waals surface area contributed by atoms with Crippen LogP contribution in [0.2, 0.25) is 5.02 Å². The minimum atomic E-state index is 0.196. The fraction of sp³-hybridized carbons (Fsp3) is 0.250. The van der Waals surface area contributed by atoms with Gasteiger partial charge in [0.1, 0.15) is 0 Å². The van der Waals surface area contributed by atoms with Crippen molar-refractivity contribution in [1.82, 2.24) is 14.9 Å². The van der Waals surface area contributed by atoms with Crippen molar-refractivity contribution in [2.24, 2.45) is 0 Å². The van der Waals surface area contributed by atoms with E-state index in [0.717, 1.165) is 59.0 Å². The van der Waals surface area contributed by atoms with E-state index in [9.17, 15) is 4.79 Å². The standard InChI is InChI=1S/C24H23ClN4O/c25-17-4-3-5-19(14-17)28-10-12-29(13-11-28)24(30)9-8-18-15-21-20-6-1-2-7-22(20)27-23(21)16-26-18/h1-7,14-16,27H,8-13H2. The Kier molecular flexibility index (Phi) is 5.05. The molecule has 1 saturated heterocycles. The molecule has 0 spiro atoms. The van der Waals surface area contributed by atoms with Crippen LogP contribution in [0.5, 0.6) is 0 Å². The topological polar surface area (TPSA) is 52.2 Å². The second-order valence-corrected chi connectivity index (χ2v) is 8.18. The molecule has 4 aromatic rings. The molecule has 1 amide bonds. The molecule has 0 bridgehead atoms. The van der Waals surface area contributed by atoms with E-state index in [1.807, 2.05) is 41.4 Å². The van der Waals surface area contributed by atoms with Crippen molar-refractivity contribution in [3.63, 3.8) is 0 Å². The number of H-pyrrole nitrogens is 1. The Labute approximate surface area is 180 Å². The summed E-state index contributed by atoms with van der Waals surface area (Å²) in [6, 6.07) is 18.3. The van der Waals surface area contributed by atoms with Crippen LogP contribution >= 0.6 is 11.6 Å². The number of aryl methyl sites for hydroxylation is 1. The van der Waals surface area contributed by atoms with Crippen LogP contribution < -0.4 is 4.90 Å². The summed E-state index contributed by atoms with van der Waals surface area (Å²) in [6.07, 6.45) is 3.01. The van der Waals surface area contributed by atoms with Crippen LogP contribution in [0.25, 0.3) is 21.8 Å². The predicted molar refractivity (Wildman–Crippen MR) is 122 cm³/mol. The molecule has 1 N–H and O–H groups in total. The number of nitrogens with one attached hydrogen (secondary N) is 1. The smallest absolute Gasteiger partial charge is 0.223 e. The van der Waals surface area contributed by atoms with Gasteiger partial charge in [-0.05, 0) is 36.8 Å². The fourth-order valence-electron chi connectivity index (χ4n) is 4.21. The maximum absolute atomic E-state index is 12.7. The summed E-state index contributed by atoms with van der Waals surface area (Å²) in [5.74, 6) is 0.196. The van der Waals surface area contributed by atoms with E-state index < -0.39 is 0 Å². The lowest BCUT2D eigenvalue weighted by atomic mass is 10.1. The third-order valence-electron chi connectivity index (χ3n) is 5.85. The first kappa shape index (κ1) is 18.9. The number of nitrogens with zero attached hydrogens (tertiary/aromatic N) is 3. The molecule has 6 heteroatoms. The lowest BCUT2D eigenvalue weighted by Crippen LogP contribution is -2.48. The number of pyridine rings is 1. The van der Waals surface area contributed by atoms with Gasteiger partial charge in [0.25, 0.3) is 0 Å². The van der Waals surface area contributed by atoms with Crippen LogP contribution in [-0.4, -0.2) is 47.0 Å². The zero-order chi connectivity index (χ0) is 20.5. The van der Waals surface area contributed by atoms with Crippen LogP contribution in [-0.2, 0) is 11.2 Å². The molecule has 1 fully saturated rings. The van der Waals surface area contributed by atoms with Gasteiger partial charge in [0.05, 0.1) is 11.7 Å². The highest BCUT2D eigenvalue weighted by atomic mass is 35.5. The van der Waals surface area contributed by atoms with Gasteiger partial charge < -0.3 is 14.8 Å². The lowest BCUT2D eigenvalue weighted by molar-refractivity contribution is -0.131. The summed E-state index contributed by atoms with van der Waals surface area (Å²) in [7, 11) is 0. The number of carbonyl (C=O) groups is 1. The fourth-order valence-corrected chi connectivity index (χ4v) is 4.39. The highest BCUT2D eigenvalue weighted by Gasteiger charge is 2.21. The predicted octanol–water partition coefficient (Wildman–Crippen LogP) is 4.65. The van der Waals surface area contributed by atoms with Crippen molar-refractivity contribution in [3.05, 3.63) is 71.5 Å². The number of aromatic amines is 1. The number of anilines is 1. The third kappa shape index (κ3) is 3.73. The maximum atomic E-state index is 12.7. The van der Waals surface area contributed by atoms with Crippen LogP contribution in [0, 0.1) is 0 Å².